The van der Waals surface area contributed by atoms with Gasteiger partial charge in [-0.2, -0.15) is 5.26 Å². The number of esters is 1. The molecule has 1 aromatic carbocycles. The van der Waals surface area contributed by atoms with Crippen LogP contribution in [-0.2, 0) is 4.74 Å². The number of hydrogen-bond acceptors (Lipinski definition) is 5. The quantitative estimate of drug-likeness (QED) is 0.811. The van der Waals surface area contributed by atoms with E-state index in [1.54, 1.807) is 31.2 Å². The number of nitriles is 1. The van der Waals surface area contributed by atoms with Gasteiger partial charge in [-0.05, 0) is 25.1 Å². The Kier molecular flexibility index (Phi) is 4.28. The summed E-state index contributed by atoms with van der Waals surface area (Å²) in [5.41, 5.74) is 1.94. The number of carbonyl (C=O) groups excluding carboxylic acids is 1. The lowest BCUT2D eigenvalue weighted by molar-refractivity contribution is 0.0526. The number of halogens is 1. The highest BCUT2D eigenvalue weighted by molar-refractivity contribution is 6.32. The zero-order valence-corrected chi connectivity index (χ0v) is 11.4. The van der Waals surface area contributed by atoms with Crippen molar-refractivity contribution in [1.82, 2.24) is 10.2 Å². The molecule has 0 spiro atoms. The minimum Gasteiger partial charge on any atom is -0.462 e. The standard InChI is InChI=1S/C14H10ClN3O2/c1-2-20-14(19)11-7-12(17-18-13(11)15)10-5-3-9(8-16)4-6-10/h3-7H,2H2,1H3. The van der Waals surface area contributed by atoms with E-state index in [0.29, 0.717) is 11.3 Å². The molecule has 0 fully saturated rings. The first-order chi connectivity index (χ1) is 9.65. The van der Waals surface area contributed by atoms with E-state index in [-0.39, 0.29) is 17.3 Å². The Morgan fingerprint density at radius 1 is 1.35 bits per heavy atom. The van der Waals surface area contributed by atoms with E-state index in [2.05, 4.69) is 10.2 Å². The summed E-state index contributed by atoms with van der Waals surface area (Å²) < 4.78 is 4.90. The lowest BCUT2D eigenvalue weighted by Crippen LogP contribution is -2.07. The Hall–Kier alpha value is -2.45. The first kappa shape index (κ1) is 14.0. The van der Waals surface area contributed by atoms with Gasteiger partial charge in [0.05, 0.1) is 23.9 Å². The van der Waals surface area contributed by atoms with Crippen molar-refractivity contribution in [2.24, 2.45) is 0 Å². The molecule has 0 radical (unpaired) electrons. The van der Waals surface area contributed by atoms with Gasteiger partial charge >= 0.3 is 5.97 Å². The fourth-order valence-electron chi connectivity index (χ4n) is 1.59. The molecule has 100 valence electrons. The minimum atomic E-state index is -0.540. The second-order valence-electron chi connectivity index (χ2n) is 3.84. The molecule has 0 saturated heterocycles. The van der Waals surface area contributed by atoms with Crippen molar-refractivity contribution in [2.75, 3.05) is 6.61 Å². The van der Waals surface area contributed by atoms with Crippen LogP contribution in [0.5, 0.6) is 0 Å². The highest BCUT2D eigenvalue weighted by Crippen LogP contribution is 2.22. The maximum atomic E-state index is 11.7. The van der Waals surface area contributed by atoms with Crippen LogP contribution in [0, 0.1) is 11.3 Å². The molecule has 0 saturated carbocycles. The molecule has 5 nitrogen and oxygen atoms in total. The molecule has 0 aliphatic heterocycles. The predicted octanol–water partition coefficient (Wildman–Crippen LogP) is 2.85. The summed E-state index contributed by atoms with van der Waals surface area (Å²) in [6, 6.07) is 10.3. The molecule has 0 unspecified atom stereocenters. The number of hydrogen-bond donors (Lipinski definition) is 0. The van der Waals surface area contributed by atoms with Gasteiger partial charge in [0.25, 0.3) is 0 Å². The maximum Gasteiger partial charge on any atom is 0.341 e. The SMILES string of the molecule is CCOC(=O)c1cc(-c2ccc(C#N)cc2)nnc1Cl. The highest BCUT2D eigenvalue weighted by Gasteiger charge is 2.15. The van der Waals surface area contributed by atoms with Crippen LogP contribution in [0.25, 0.3) is 11.3 Å². The molecule has 2 rings (SSSR count). The molecular weight excluding hydrogens is 278 g/mol. The van der Waals surface area contributed by atoms with Crippen LogP contribution in [0.3, 0.4) is 0 Å². The van der Waals surface area contributed by atoms with E-state index in [0.717, 1.165) is 5.56 Å². The van der Waals surface area contributed by atoms with Crippen LogP contribution in [0.4, 0.5) is 0 Å². The van der Waals surface area contributed by atoms with Crippen LogP contribution >= 0.6 is 11.6 Å². The Labute approximate surface area is 120 Å². The first-order valence-electron chi connectivity index (χ1n) is 5.86. The molecule has 20 heavy (non-hydrogen) atoms. The number of nitrogens with zero attached hydrogens (tertiary/aromatic N) is 3. The van der Waals surface area contributed by atoms with Crippen LogP contribution in [0.15, 0.2) is 30.3 Å². The molecule has 0 atom stereocenters. The lowest BCUT2D eigenvalue weighted by atomic mass is 10.1. The van der Waals surface area contributed by atoms with Gasteiger partial charge in [-0.3, -0.25) is 0 Å². The van der Waals surface area contributed by atoms with Crippen molar-refractivity contribution in [1.29, 1.82) is 5.26 Å². The smallest absolute Gasteiger partial charge is 0.341 e. The molecule has 6 heteroatoms. The van der Waals surface area contributed by atoms with E-state index in [4.69, 9.17) is 21.6 Å². The summed E-state index contributed by atoms with van der Waals surface area (Å²) in [5, 5.41) is 16.4. The number of rotatable bonds is 3. The number of carbonyl (C=O) groups is 1. The third-order valence-electron chi connectivity index (χ3n) is 2.55. The lowest BCUT2D eigenvalue weighted by Gasteiger charge is -2.05. The predicted molar refractivity (Wildman–Crippen MR) is 73.1 cm³/mol. The first-order valence-corrected chi connectivity index (χ1v) is 6.24. The number of ether oxygens (including phenoxy) is 1. The molecular formula is C14H10ClN3O2. The Morgan fingerprint density at radius 2 is 2.05 bits per heavy atom. The van der Waals surface area contributed by atoms with Crippen molar-refractivity contribution >= 4 is 17.6 Å². The summed E-state index contributed by atoms with van der Waals surface area (Å²) in [4.78, 5) is 11.7. The van der Waals surface area contributed by atoms with Gasteiger partial charge in [-0.1, -0.05) is 23.7 Å². The van der Waals surface area contributed by atoms with Gasteiger partial charge in [-0.15, -0.1) is 10.2 Å². The van der Waals surface area contributed by atoms with E-state index < -0.39 is 5.97 Å². The van der Waals surface area contributed by atoms with Crippen LogP contribution in [0.1, 0.15) is 22.8 Å². The second-order valence-corrected chi connectivity index (χ2v) is 4.20. The molecule has 1 aromatic heterocycles. The van der Waals surface area contributed by atoms with Gasteiger partial charge in [0.2, 0.25) is 0 Å². The third-order valence-corrected chi connectivity index (χ3v) is 2.83. The van der Waals surface area contributed by atoms with E-state index in [9.17, 15) is 4.79 Å². The molecule has 0 N–H and O–H groups in total. The molecule has 1 heterocycles. The van der Waals surface area contributed by atoms with Gasteiger partial charge in [0.1, 0.15) is 5.56 Å². The largest absolute Gasteiger partial charge is 0.462 e. The Balaban J connectivity index is 2.40. The van der Waals surface area contributed by atoms with Crippen LogP contribution < -0.4 is 0 Å². The fraction of sp³-hybridized carbons (Fsp3) is 0.143. The fourth-order valence-corrected chi connectivity index (χ4v) is 1.75. The third kappa shape index (κ3) is 2.92. The van der Waals surface area contributed by atoms with Crippen LogP contribution in [0.2, 0.25) is 5.15 Å². The topological polar surface area (TPSA) is 75.9 Å². The van der Waals surface area contributed by atoms with Crippen molar-refractivity contribution in [3.05, 3.63) is 46.6 Å². The van der Waals surface area contributed by atoms with Gasteiger partial charge < -0.3 is 4.74 Å². The average molecular weight is 288 g/mol. The molecule has 0 bridgehead atoms. The van der Waals surface area contributed by atoms with Crippen molar-refractivity contribution in [3.8, 4) is 17.3 Å². The second kappa shape index (κ2) is 6.13. The highest BCUT2D eigenvalue weighted by atomic mass is 35.5. The Morgan fingerprint density at radius 3 is 2.65 bits per heavy atom. The summed E-state index contributed by atoms with van der Waals surface area (Å²) in [5.74, 6) is -0.540. The van der Waals surface area contributed by atoms with E-state index in [1.807, 2.05) is 6.07 Å². The molecule has 0 amide bonds. The summed E-state index contributed by atoms with van der Waals surface area (Å²) >= 11 is 5.84. The van der Waals surface area contributed by atoms with Gasteiger partial charge in [0.15, 0.2) is 5.15 Å². The average Bonchev–Trinajstić information content (AvgIpc) is 2.48. The van der Waals surface area contributed by atoms with Crippen molar-refractivity contribution < 1.29 is 9.53 Å². The number of benzene rings is 1. The van der Waals surface area contributed by atoms with Crippen molar-refractivity contribution in [3.63, 3.8) is 0 Å². The normalized spacial score (nSPS) is 9.85. The zero-order chi connectivity index (χ0) is 14.5. The van der Waals surface area contributed by atoms with Gasteiger partial charge in [0, 0.05) is 5.56 Å². The monoisotopic (exact) mass is 287 g/mol. The Bertz CT molecular complexity index is 678. The van der Waals surface area contributed by atoms with Crippen molar-refractivity contribution in [2.45, 2.75) is 6.92 Å². The zero-order valence-electron chi connectivity index (χ0n) is 10.6. The molecule has 0 aliphatic carbocycles. The maximum absolute atomic E-state index is 11.7. The number of aromatic nitrogens is 2. The molecule has 2 aromatic rings. The minimum absolute atomic E-state index is 0.000782. The van der Waals surface area contributed by atoms with E-state index >= 15 is 0 Å². The summed E-state index contributed by atoms with van der Waals surface area (Å²) in [7, 11) is 0. The summed E-state index contributed by atoms with van der Waals surface area (Å²) in [6.45, 7) is 1.96. The van der Waals surface area contributed by atoms with Gasteiger partial charge in [-0.25, -0.2) is 4.79 Å². The van der Waals surface area contributed by atoms with E-state index in [1.165, 1.54) is 6.07 Å². The summed E-state index contributed by atoms with van der Waals surface area (Å²) in [6.07, 6.45) is 0. The van der Waals surface area contributed by atoms with Crippen LogP contribution in [-0.4, -0.2) is 22.8 Å². The molecule has 0 aliphatic rings.